The summed E-state index contributed by atoms with van der Waals surface area (Å²) in [5.41, 5.74) is 0. The number of sulfonamides is 1. The smallest absolute Gasteiger partial charge is 0.212 e. The minimum absolute atomic E-state index is 0.155. The highest BCUT2D eigenvalue weighted by Gasteiger charge is 2.14. The van der Waals surface area contributed by atoms with Crippen molar-refractivity contribution >= 4 is 10.0 Å². The fraction of sp³-hybridized carbons (Fsp3) is 0.714. The molecule has 11 heavy (non-hydrogen) atoms. The molecule has 0 rings (SSSR count). The second-order valence-corrected chi connectivity index (χ2v) is 4.47. The number of hydrogen-bond donors (Lipinski definition) is 0. The highest BCUT2D eigenvalue weighted by atomic mass is 32.2. The molecule has 0 atom stereocenters. The van der Waals surface area contributed by atoms with Gasteiger partial charge in [-0.3, -0.25) is 0 Å². The molecule has 0 aliphatic carbocycles. The largest absolute Gasteiger partial charge is 0.214 e. The average Bonchev–Trinajstić information content (AvgIpc) is 1.88. The third-order valence-electron chi connectivity index (χ3n) is 1.25. The first-order valence-electron chi connectivity index (χ1n) is 3.42. The second kappa shape index (κ2) is 4.37. The van der Waals surface area contributed by atoms with Crippen molar-refractivity contribution in [1.82, 2.24) is 4.31 Å². The normalized spacial score (nSPS) is 11.5. The van der Waals surface area contributed by atoms with Crippen LogP contribution >= 0.6 is 0 Å². The number of hydrogen-bond acceptors (Lipinski definition) is 2. The van der Waals surface area contributed by atoms with Crippen molar-refractivity contribution in [2.45, 2.75) is 13.3 Å². The van der Waals surface area contributed by atoms with E-state index in [2.05, 4.69) is 5.92 Å². The van der Waals surface area contributed by atoms with Crippen molar-refractivity contribution in [1.29, 1.82) is 0 Å². The van der Waals surface area contributed by atoms with Gasteiger partial charge in [0.25, 0.3) is 0 Å². The van der Waals surface area contributed by atoms with E-state index in [1.54, 1.807) is 0 Å². The highest BCUT2D eigenvalue weighted by molar-refractivity contribution is 7.89. The monoisotopic (exact) mass is 175 g/mol. The maximum atomic E-state index is 11.2. The van der Waals surface area contributed by atoms with Crippen molar-refractivity contribution in [3.05, 3.63) is 0 Å². The first-order valence-corrected chi connectivity index (χ1v) is 5.03. The lowest BCUT2D eigenvalue weighted by Crippen LogP contribution is -2.29. The number of terminal acetylenes is 1. The molecule has 0 fully saturated rings. The van der Waals surface area contributed by atoms with Gasteiger partial charge >= 0.3 is 0 Å². The molecular weight excluding hydrogens is 162 g/mol. The summed E-state index contributed by atoms with van der Waals surface area (Å²) in [5.74, 6) is 2.45. The number of nitrogens with zero attached hydrogens (tertiary/aromatic N) is 1. The number of rotatable bonds is 4. The zero-order chi connectivity index (χ0) is 8.91. The minimum atomic E-state index is -3.08. The molecular formula is C7H13NO2S. The van der Waals surface area contributed by atoms with Crippen LogP contribution in [0.3, 0.4) is 0 Å². The molecule has 0 saturated carbocycles. The van der Waals surface area contributed by atoms with E-state index >= 15 is 0 Å². The standard InChI is InChI=1S/C7H13NO2S/c1-4-6-8(3)11(9,10)7-5-2/h1H,5-7H2,2-3H3. The third-order valence-corrected chi connectivity index (χ3v) is 3.25. The molecule has 0 amide bonds. The van der Waals surface area contributed by atoms with Crippen LogP contribution in [0.2, 0.25) is 0 Å². The first kappa shape index (κ1) is 10.5. The van der Waals surface area contributed by atoms with Crippen molar-refractivity contribution in [3.63, 3.8) is 0 Å². The predicted octanol–water partition coefficient (Wildman–Crippen LogP) is 0.291. The SMILES string of the molecule is C#CCN(C)S(=O)(=O)CCC. The van der Waals surface area contributed by atoms with Crippen LogP contribution in [0, 0.1) is 12.3 Å². The highest BCUT2D eigenvalue weighted by Crippen LogP contribution is 1.98. The summed E-state index contributed by atoms with van der Waals surface area (Å²) < 4.78 is 23.5. The Kier molecular flexibility index (Phi) is 4.16. The van der Waals surface area contributed by atoms with Gasteiger partial charge in [-0.2, -0.15) is 4.31 Å². The summed E-state index contributed by atoms with van der Waals surface area (Å²) in [6.45, 7) is 1.98. The molecule has 0 heterocycles. The van der Waals surface area contributed by atoms with Crippen molar-refractivity contribution < 1.29 is 8.42 Å². The minimum Gasteiger partial charge on any atom is -0.212 e. The van der Waals surface area contributed by atoms with Crippen molar-refractivity contribution in [3.8, 4) is 12.3 Å². The Labute approximate surface area is 68.4 Å². The molecule has 0 saturated heterocycles. The van der Waals surface area contributed by atoms with Gasteiger partial charge in [-0.05, 0) is 6.42 Å². The van der Waals surface area contributed by atoms with Gasteiger partial charge in [-0.1, -0.05) is 12.8 Å². The van der Waals surface area contributed by atoms with Gasteiger partial charge in [0, 0.05) is 7.05 Å². The Morgan fingerprint density at radius 1 is 1.55 bits per heavy atom. The summed E-state index contributed by atoms with van der Waals surface area (Å²) in [7, 11) is -1.59. The maximum Gasteiger partial charge on any atom is 0.214 e. The molecule has 0 aromatic carbocycles. The molecule has 3 nitrogen and oxygen atoms in total. The Hall–Kier alpha value is -0.530. The van der Waals surface area contributed by atoms with E-state index in [9.17, 15) is 8.42 Å². The van der Waals surface area contributed by atoms with Gasteiger partial charge in [0.2, 0.25) is 10.0 Å². The molecule has 0 bridgehead atoms. The van der Waals surface area contributed by atoms with Crippen molar-refractivity contribution in [2.75, 3.05) is 19.3 Å². The zero-order valence-electron chi connectivity index (χ0n) is 6.87. The Morgan fingerprint density at radius 3 is 2.45 bits per heavy atom. The van der Waals surface area contributed by atoms with E-state index in [0.717, 1.165) is 0 Å². The van der Waals surface area contributed by atoms with Gasteiger partial charge in [-0.15, -0.1) is 6.42 Å². The quantitative estimate of drug-likeness (QED) is 0.576. The fourth-order valence-electron chi connectivity index (χ4n) is 0.641. The van der Waals surface area contributed by atoms with Crippen LogP contribution in [0.1, 0.15) is 13.3 Å². The Morgan fingerprint density at radius 2 is 2.09 bits per heavy atom. The van der Waals surface area contributed by atoms with E-state index in [0.29, 0.717) is 6.42 Å². The molecule has 0 aliphatic heterocycles. The maximum absolute atomic E-state index is 11.2. The van der Waals surface area contributed by atoms with Crippen molar-refractivity contribution in [2.24, 2.45) is 0 Å². The van der Waals surface area contributed by atoms with Crippen LogP contribution < -0.4 is 0 Å². The zero-order valence-corrected chi connectivity index (χ0v) is 7.69. The van der Waals surface area contributed by atoms with E-state index < -0.39 is 10.0 Å². The van der Waals surface area contributed by atoms with Crippen LogP contribution in [0.25, 0.3) is 0 Å². The van der Waals surface area contributed by atoms with E-state index in [1.165, 1.54) is 11.4 Å². The predicted molar refractivity (Wildman–Crippen MR) is 45.5 cm³/mol. The fourth-order valence-corrected chi connectivity index (χ4v) is 1.74. The molecule has 64 valence electrons. The van der Waals surface area contributed by atoms with Gasteiger partial charge in [-0.25, -0.2) is 8.42 Å². The molecule has 4 heteroatoms. The molecule has 0 spiro atoms. The van der Waals surface area contributed by atoms with Crippen LogP contribution in [-0.4, -0.2) is 32.1 Å². The topological polar surface area (TPSA) is 37.4 Å². The summed E-state index contributed by atoms with van der Waals surface area (Å²) in [4.78, 5) is 0. The lowest BCUT2D eigenvalue weighted by atomic mass is 10.6. The lowest BCUT2D eigenvalue weighted by molar-refractivity contribution is 0.502. The summed E-state index contributed by atoms with van der Waals surface area (Å²) in [6.07, 6.45) is 5.59. The summed E-state index contributed by atoms with van der Waals surface area (Å²) >= 11 is 0. The average molecular weight is 175 g/mol. The van der Waals surface area contributed by atoms with E-state index in [1.807, 2.05) is 6.92 Å². The van der Waals surface area contributed by atoms with E-state index in [-0.39, 0.29) is 12.3 Å². The molecule has 0 aliphatic rings. The Bertz CT molecular complexity index is 238. The van der Waals surface area contributed by atoms with Gasteiger partial charge in [0.15, 0.2) is 0 Å². The van der Waals surface area contributed by atoms with Crippen LogP contribution in [0.15, 0.2) is 0 Å². The van der Waals surface area contributed by atoms with Gasteiger partial charge in [0.05, 0.1) is 12.3 Å². The summed E-state index contributed by atoms with van der Waals surface area (Å²) in [5, 5.41) is 0. The van der Waals surface area contributed by atoms with Crippen LogP contribution in [-0.2, 0) is 10.0 Å². The molecule has 0 unspecified atom stereocenters. The molecule has 0 N–H and O–H groups in total. The third kappa shape index (κ3) is 3.40. The summed E-state index contributed by atoms with van der Waals surface area (Å²) in [6, 6.07) is 0. The second-order valence-electron chi connectivity index (χ2n) is 2.28. The molecule has 0 aromatic rings. The molecule has 0 radical (unpaired) electrons. The van der Waals surface area contributed by atoms with E-state index in [4.69, 9.17) is 6.42 Å². The van der Waals surface area contributed by atoms with Gasteiger partial charge < -0.3 is 0 Å². The van der Waals surface area contributed by atoms with Gasteiger partial charge in [0.1, 0.15) is 0 Å². The molecule has 0 aromatic heterocycles. The first-order chi connectivity index (χ1) is 5.04. The Balaban J connectivity index is 4.21. The van der Waals surface area contributed by atoms with Crippen LogP contribution in [0.5, 0.6) is 0 Å². The lowest BCUT2D eigenvalue weighted by Gasteiger charge is -2.12. The van der Waals surface area contributed by atoms with Crippen LogP contribution in [0.4, 0.5) is 0 Å².